The molecule has 56 valence electrons. The number of ether oxygens (including phenoxy) is 2. The molecule has 0 unspecified atom stereocenters. The summed E-state index contributed by atoms with van der Waals surface area (Å²) in [5.41, 5.74) is 0. The standard InChI is InChI=1S/C6H9NO3/c1-8-4-5-3-6(9-2)7-10-5/h3H,4H2,1-2H3. The molecule has 10 heavy (non-hydrogen) atoms. The van der Waals surface area contributed by atoms with Gasteiger partial charge in [-0.15, -0.1) is 0 Å². The third-order valence-electron chi connectivity index (χ3n) is 1.03. The van der Waals surface area contributed by atoms with Crippen LogP contribution in [0.4, 0.5) is 0 Å². The molecular weight excluding hydrogens is 134 g/mol. The Morgan fingerprint density at radius 2 is 2.40 bits per heavy atom. The average molecular weight is 143 g/mol. The van der Waals surface area contributed by atoms with Crippen molar-refractivity contribution in [2.45, 2.75) is 6.61 Å². The van der Waals surface area contributed by atoms with Gasteiger partial charge in [0.2, 0.25) is 0 Å². The van der Waals surface area contributed by atoms with Gasteiger partial charge in [-0.1, -0.05) is 0 Å². The predicted octanol–water partition coefficient (Wildman–Crippen LogP) is 0.830. The van der Waals surface area contributed by atoms with Crippen LogP contribution < -0.4 is 4.74 Å². The SMILES string of the molecule is COCc1cc(OC)no1. The van der Waals surface area contributed by atoms with Gasteiger partial charge in [-0.05, 0) is 5.16 Å². The highest BCUT2D eigenvalue weighted by Gasteiger charge is 2.01. The number of aromatic nitrogens is 1. The summed E-state index contributed by atoms with van der Waals surface area (Å²) >= 11 is 0. The van der Waals surface area contributed by atoms with Crippen molar-refractivity contribution in [2.24, 2.45) is 0 Å². The maximum absolute atomic E-state index is 4.80. The first-order valence-electron chi connectivity index (χ1n) is 2.85. The van der Waals surface area contributed by atoms with Crippen LogP contribution in [0.1, 0.15) is 5.76 Å². The Kier molecular flexibility index (Phi) is 2.28. The van der Waals surface area contributed by atoms with E-state index in [2.05, 4.69) is 5.16 Å². The third-order valence-corrected chi connectivity index (χ3v) is 1.03. The van der Waals surface area contributed by atoms with E-state index in [4.69, 9.17) is 14.0 Å². The summed E-state index contributed by atoms with van der Waals surface area (Å²) in [6.07, 6.45) is 0. The molecule has 0 spiro atoms. The molecule has 1 aromatic heterocycles. The number of methoxy groups -OCH3 is 2. The highest BCUT2D eigenvalue weighted by atomic mass is 16.5. The molecule has 0 bridgehead atoms. The first-order chi connectivity index (χ1) is 4.86. The van der Waals surface area contributed by atoms with Crippen molar-refractivity contribution in [3.8, 4) is 5.88 Å². The van der Waals surface area contributed by atoms with Crippen molar-refractivity contribution in [3.05, 3.63) is 11.8 Å². The van der Waals surface area contributed by atoms with Crippen molar-refractivity contribution in [2.75, 3.05) is 14.2 Å². The minimum atomic E-state index is 0.427. The Labute approximate surface area is 58.7 Å². The predicted molar refractivity (Wildman–Crippen MR) is 33.8 cm³/mol. The summed E-state index contributed by atoms with van der Waals surface area (Å²) in [7, 11) is 3.13. The fraction of sp³-hybridized carbons (Fsp3) is 0.500. The molecule has 1 rings (SSSR count). The molecule has 0 saturated heterocycles. The molecule has 0 atom stereocenters. The fourth-order valence-corrected chi connectivity index (χ4v) is 0.601. The lowest BCUT2D eigenvalue weighted by molar-refractivity contribution is 0.155. The van der Waals surface area contributed by atoms with E-state index in [1.165, 1.54) is 7.11 Å². The van der Waals surface area contributed by atoms with E-state index >= 15 is 0 Å². The number of hydrogen-bond acceptors (Lipinski definition) is 4. The number of rotatable bonds is 3. The highest BCUT2D eigenvalue weighted by molar-refractivity contribution is 5.09. The summed E-state index contributed by atoms with van der Waals surface area (Å²) in [4.78, 5) is 0. The van der Waals surface area contributed by atoms with E-state index < -0.39 is 0 Å². The molecule has 0 saturated carbocycles. The van der Waals surface area contributed by atoms with Gasteiger partial charge in [-0.2, -0.15) is 0 Å². The van der Waals surface area contributed by atoms with Crippen LogP contribution in [0.15, 0.2) is 10.6 Å². The maximum Gasteiger partial charge on any atom is 0.254 e. The number of hydrogen-bond donors (Lipinski definition) is 0. The Bertz CT molecular complexity index is 197. The molecule has 0 aliphatic carbocycles. The van der Waals surface area contributed by atoms with Gasteiger partial charge in [0, 0.05) is 13.2 Å². The molecule has 0 amide bonds. The van der Waals surface area contributed by atoms with E-state index in [0.717, 1.165) is 0 Å². The summed E-state index contributed by atoms with van der Waals surface area (Å²) in [5.74, 6) is 1.14. The van der Waals surface area contributed by atoms with Gasteiger partial charge in [0.1, 0.15) is 6.61 Å². The molecule has 0 radical (unpaired) electrons. The van der Waals surface area contributed by atoms with Gasteiger partial charge in [-0.3, -0.25) is 0 Å². The zero-order valence-corrected chi connectivity index (χ0v) is 5.96. The van der Waals surface area contributed by atoms with E-state index in [-0.39, 0.29) is 0 Å². The first-order valence-corrected chi connectivity index (χ1v) is 2.85. The Morgan fingerprint density at radius 3 is 2.90 bits per heavy atom. The van der Waals surface area contributed by atoms with Crippen molar-refractivity contribution in [1.29, 1.82) is 0 Å². The molecule has 0 aromatic carbocycles. The van der Waals surface area contributed by atoms with Crippen LogP contribution in [0, 0.1) is 0 Å². The van der Waals surface area contributed by atoms with Gasteiger partial charge >= 0.3 is 0 Å². The quantitative estimate of drug-likeness (QED) is 0.628. The van der Waals surface area contributed by atoms with Gasteiger partial charge in [0.25, 0.3) is 5.88 Å². The maximum atomic E-state index is 4.80. The molecule has 0 N–H and O–H groups in total. The molecule has 1 aromatic rings. The van der Waals surface area contributed by atoms with E-state index in [0.29, 0.717) is 18.2 Å². The van der Waals surface area contributed by atoms with Crippen LogP contribution in [-0.4, -0.2) is 19.4 Å². The summed E-state index contributed by atoms with van der Waals surface area (Å²) < 4.78 is 14.4. The molecule has 1 heterocycles. The topological polar surface area (TPSA) is 44.5 Å². The lowest BCUT2D eigenvalue weighted by Crippen LogP contribution is -1.82. The van der Waals surface area contributed by atoms with Crippen LogP contribution in [0.5, 0.6) is 5.88 Å². The Morgan fingerprint density at radius 1 is 1.60 bits per heavy atom. The smallest absolute Gasteiger partial charge is 0.254 e. The van der Waals surface area contributed by atoms with Crippen molar-refractivity contribution in [1.82, 2.24) is 5.16 Å². The molecule has 4 heteroatoms. The molecule has 0 aliphatic heterocycles. The van der Waals surface area contributed by atoms with Crippen LogP contribution in [0.2, 0.25) is 0 Å². The summed E-state index contributed by atoms with van der Waals surface area (Å²) in [5, 5.41) is 3.58. The molecule has 4 nitrogen and oxygen atoms in total. The number of nitrogens with zero attached hydrogens (tertiary/aromatic N) is 1. The average Bonchev–Trinajstić information content (AvgIpc) is 2.37. The molecule has 0 fully saturated rings. The van der Waals surface area contributed by atoms with Crippen molar-refractivity contribution in [3.63, 3.8) is 0 Å². The van der Waals surface area contributed by atoms with Crippen LogP contribution in [0.25, 0.3) is 0 Å². The Hall–Kier alpha value is -1.03. The van der Waals surface area contributed by atoms with Crippen LogP contribution >= 0.6 is 0 Å². The monoisotopic (exact) mass is 143 g/mol. The van der Waals surface area contributed by atoms with Crippen LogP contribution in [-0.2, 0) is 11.3 Å². The minimum Gasteiger partial charge on any atom is -0.479 e. The fourth-order valence-electron chi connectivity index (χ4n) is 0.601. The normalized spacial score (nSPS) is 9.80. The third kappa shape index (κ3) is 1.48. The molecule has 0 aliphatic rings. The van der Waals surface area contributed by atoms with E-state index in [1.54, 1.807) is 13.2 Å². The summed E-state index contributed by atoms with van der Waals surface area (Å²) in [6, 6.07) is 1.68. The van der Waals surface area contributed by atoms with Crippen molar-refractivity contribution >= 4 is 0 Å². The second kappa shape index (κ2) is 3.22. The second-order valence-electron chi connectivity index (χ2n) is 1.77. The van der Waals surface area contributed by atoms with Crippen LogP contribution in [0.3, 0.4) is 0 Å². The van der Waals surface area contributed by atoms with Gasteiger partial charge in [0.05, 0.1) is 7.11 Å². The lowest BCUT2D eigenvalue weighted by Gasteiger charge is -1.87. The Balaban J connectivity index is 2.59. The van der Waals surface area contributed by atoms with E-state index in [9.17, 15) is 0 Å². The lowest BCUT2D eigenvalue weighted by atomic mass is 10.5. The van der Waals surface area contributed by atoms with Gasteiger partial charge in [0.15, 0.2) is 5.76 Å². The minimum absolute atomic E-state index is 0.427. The summed E-state index contributed by atoms with van der Waals surface area (Å²) in [6.45, 7) is 0.427. The molecular formula is C6H9NO3. The zero-order chi connectivity index (χ0) is 7.40. The highest BCUT2D eigenvalue weighted by Crippen LogP contribution is 2.10. The van der Waals surface area contributed by atoms with E-state index in [1.807, 2.05) is 0 Å². The van der Waals surface area contributed by atoms with Gasteiger partial charge in [-0.25, -0.2) is 0 Å². The largest absolute Gasteiger partial charge is 0.479 e. The van der Waals surface area contributed by atoms with Crippen molar-refractivity contribution < 1.29 is 14.0 Å². The first kappa shape index (κ1) is 7.08. The zero-order valence-electron chi connectivity index (χ0n) is 5.96. The van der Waals surface area contributed by atoms with Gasteiger partial charge < -0.3 is 14.0 Å². The second-order valence-corrected chi connectivity index (χ2v) is 1.77.